The first-order chi connectivity index (χ1) is 16.6. The van der Waals surface area contributed by atoms with Gasteiger partial charge in [0.15, 0.2) is 6.61 Å². The number of rotatable bonds is 1. The number of hydrogen-bond donors (Lipinski definition) is 1. The molecule has 34 heavy (non-hydrogen) atoms. The Kier molecular flexibility index (Phi) is 6.72. The maximum absolute atomic E-state index is 13.8. The molecule has 2 aromatic carbocycles. The molecule has 1 unspecified atom stereocenters. The predicted octanol–water partition coefficient (Wildman–Crippen LogP) is 2.78. The molecule has 1 atom stereocenters. The average Bonchev–Trinajstić information content (AvgIpc) is 2.86. The first-order valence-corrected chi connectivity index (χ1v) is 12.3. The molecule has 2 aromatic rings. The van der Waals surface area contributed by atoms with Crippen molar-refractivity contribution in [1.82, 2.24) is 15.1 Å². The van der Waals surface area contributed by atoms with E-state index in [9.17, 15) is 9.59 Å². The molecule has 4 aliphatic rings. The molecular weight excluding hydrogens is 430 g/mol. The number of benzene rings is 2. The summed E-state index contributed by atoms with van der Waals surface area (Å²) in [5.41, 5.74) is 3.34. The number of ether oxygens (including phenoxy) is 2. The van der Waals surface area contributed by atoms with Gasteiger partial charge in [-0.15, -0.1) is 0 Å². The zero-order valence-corrected chi connectivity index (χ0v) is 19.8. The van der Waals surface area contributed by atoms with Gasteiger partial charge in [-0.1, -0.05) is 18.2 Å². The van der Waals surface area contributed by atoms with Gasteiger partial charge in [0.1, 0.15) is 11.5 Å². The van der Waals surface area contributed by atoms with E-state index in [0.29, 0.717) is 31.9 Å². The van der Waals surface area contributed by atoms with Crippen LogP contribution in [0.2, 0.25) is 0 Å². The Labute approximate surface area is 201 Å². The summed E-state index contributed by atoms with van der Waals surface area (Å²) >= 11 is 0. The molecule has 0 saturated carbocycles. The highest BCUT2D eigenvalue weighted by Crippen LogP contribution is 2.39. The molecule has 0 spiro atoms. The summed E-state index contributed by atoms with van der Waals surface area (Å²) in [5.74, 6) is 1.65. The fourth-order valence-corrected chi connectivity index (χ4v) is 5.24. The third-order valence-corrected chi connectivity index (χ3v) is 7.15. The molecule has 4 heterocycles. The third kappa shape index (κ3) is 4.89. The minimum Gasteiger partial charge on any atom is -0.494 e. The smallest absolute Gasteiger partial charge is 0.257 e. The van der Waals surface area contributed by atoms with Gasteiger partial charge in [0.25, 0.3) is 5.91 Å². The maximum atomic E-state index is 13.8. The molecule has 4 aliphatic heterocycles. The zero-order valence-electron chi connectivity index (χ0n) is 19.8. The molecule has 1 N–H and O–H groups in total. The van der Waals surface area contributed by atoms with Crippen LogP contribution in [0.1, 0.15) is 42.0 Å². The molecule has 6 bridgehead atoms. The van der Waals surface area contributed by atoms with Crippen molar-refractivity contribution in [2.75, 3.05) is 46.4 Å². The summed E-state index contributed by atoms with van der Waals surface area (Å²) in [6, 6.07) is 13.9. The lowest BCUT2D eigenvalue weighted by molar-refractivity contribution is -0.139. The molecule has 180 valence electrons. The predicted molar refractivity (Wildman–Crippen MR) is 129 cm³/mol. The first kappa shape index (κ1) is 22.7. The highest BCUT2D eigenvalue weighted by Gasteiger charge is 2.36. The van der Waals surface area contributed by atoms with E-state index < -0.39 is 0 Å². The van der Waals surface area contributed by atoms with Crippen LogP contribution in [-0.4, -0.2) is 68.1 Å². The Bertz CT molecular complexity index is 1050. The van der Waals surface area contributed by atoms with Crippen molar-refractivity contribution in [3.05, 3.63) is 59.2 Å². The number of carbonyl (C=O) groups is 2. The molecule has 0 radical (unpaired) electrons. The topological polar surface area (TPSA) is 71.1 Å². The van der Waals surface area contributed by atoms with Crippen molar-refractivity contribution in [1.29, 1.82) is 0 Å². The summed E-state index contributed by atoms with van der Waals surface area (Å²) in [5, 5.41) is 2.87. The van der Waals surface area contributed by atoms with Gasteiger partial charge in [-0.25, -0.2) is 0 Å². The number of hydrogen-bond acceptors (Lipinski definition) is 5. The molecule has 7 heteroatoms. The Balaban J connectivity index is 1.51. The van der Waals surface area contributed by atoms with Crippen molar-refractivity contribution in [2.45, 2.75) is 31.7 Å². The number of nitrogens with zero attached hydrogens (tertiary/aromatic N) is 2. The quantitative estimate of drug-likeness (QED) is 0.704. The standard InChI is InChI=1S/C27H33N3O4/c1-29-12-8-19(9-13-29)27(32)30-14-10-20-16-23-6-7-24(20)26(30)21-4-2-5-22(17-21)33-15-3-11-28-25(31)18-34-23/h2,4-7,16-17,19,26H,3,8-15,18H2,1H3,(H,28,31). The highest BCUT2D eigenvalue weighted by atomic mass is 16.5. The van der Waals surface area contributed by atoms with Crippen molar-refractivity contribution in [3.63, 3.8) is 0 Å². The number of likely N-dealkylation sites (tertiary alicyclic amines) is 1. The SMILES string of the molecule is CN1CCC(C(=O)N2CCc3cc4ccc3C2c2cccc(c2)OCCCNC(=O)CO4)CC1. The van der Waals surface area contributed by atoms with E-state index in [1.807, 2.05) is 24.3 Å². The molecule has 0 aromatic heterocycles. The second-order valence-electron chi connectivity index (χ2n) is 9.54. The van der Waals surface area contributed by atoms with E-state index in [1.54, 1.807) is 0 Å². The lowest BCUT2D eigenvalue weighted by Crippen LogP contribution is -2.46. The molecule has 1 saturated heterocycles. The highest BCUT2D eigenvalue weighted by molar-refractivity contribution is 5.80. The van der Waals surface area contributed by atoms with Crippen LogP contribution in [0.4, 0.5) is 0 Å². The average molecular weight is 464 g/mol. The minimum absolute atomic E-state index is 0.0111. The van der Waals surface area contributed by atoms with Gasteiger partial charge in [-0.2, -0.15) is 0 Å². The summed E-state index contributed by atoms with van der Waals surface area (Å²) in [6.07, 6.45) is 3.29. The van der Waals surface area contributed by atoms with Gasteiger partial charge in [-0.3, -0.25) is 9.59 Å². The largest absolute Gasteiger partial charge is 0.494 e. The van der Waals surface area contributed by atoms with Crippen molar-refractivity contribution in [2.24, 2.45) is 5.92 Å². The number of piperidine rings is 1. The van der Waals surface area contributed by atoms with Gasteiger partial charge >= 0.3 is 0 Å². The normalized spacial score (nSPS) is 22.0. The second-order valence-corrected chi connectivity index (χ2v) is 9.54. The Morgan fingerprint density at radius 2 is 1.85 bits per heavy atom. The van der Waals surface area contributed by atoms with Crippen LogP contribution in [0, 0.1) is 5.92 Å². The van der Waals surface area contributed by atoms with Gasteiger partial charge in [0.2, 0.25) is 5.91 Å². The third-order valence-electron chi connectivity index (χ3n) is 7.15. The number of fused-ring (bicyclic) bond motifs is 8. The molecular formula is C27H33N3O4. The lowest BCUT2D eigenvalue weighted by Gasteiger charge is -2.41. The van der Waals surface area contributed by atoms with Gasteiger partial charge in [0, 0.05) is 19.0 Å². The van der Waals surface area contributed by atoms with Crippen LogP contribution in [0.5, 0.6) is 11.5 Å². The zero-order chi connectivity index (χ0) is 23.5. The van der Waals surface area contributed by atoms with Crippen molar-refractivity contribution >= 4 is 11.8 Å². The van der Waals surface area contributed by atoms with Crippen LogP contribution in [0.3, 0.4) is 0 Å². The number of nitrogens with one attached hydrogen (secondary N) is 1. The molecule has 6 rings (SSSR count). The van der Waals surface area contributed by atoms with Gasteiger partial charge < -0.3 is 24.6 Å². The summed E-state index contributed by atoms with van der Waals surface area (Å²) in [6.45, 7) is 3.62. The fraction of sp³-hybridized carbons (Fsp3) is 0.481. The van der Waals surface area contributed by atoms with Crippen LogP contribution in [0.15, 0.2) is 42.5 Å². The Morgan fingerprint density at radius 1 is 1.03 bits per heavy atom. The summed E-state index contributed by atoms with van der Waals surface area (Å²) < 4.78 is 11.8. The molecule has 0 aliphatic carbocycles. The number of carbonyl (C=O) groups excluding carboxylic acids is 2. The Hall–Kier alpha value is -3.06. The van der Waals surface area contributed by atoms with E-state index in [2.05, 4.69) is 40.4 Å². The molecule has 7 nitrogen and oxygen atoms in total. The minimum atomic E-state index is -0.162. The van der Waals surface area contributed by atoms with E-state index in [1.165, 1.54) is 0 Å². The van der Waals surface area contributed by atoms with Gasteiger partial charge in [-0.05, 0) is 86.8 Å². The van der Waals surface area contributed by atoms with E-state index >= 15 is 0 Å². The molecule has 2 amide bonds. The molecule has 1 fully saturated rings. The van der Waals surface area contributed by atoms with Crippen LogP contribution in [-0.2, 0) is 16.0 Å². The monoisotopic (exact) mass is 463 g/mol. The number of amides is 2. The fourth-order valence-electron chi connectivity index (χ4n) is 5.24. The summed E-state index contributed by atoms with van der Waals surface area (Å²) in [4.78, 5) is 30.3. The Morgan fingerprint density at radius 3 is 2.71 bits per heavy atom. The van der Waals surface area contributed by atoms with Crippen LogP contribution in [0.25, 0.3) is 0 Å². The van der Waals surface area contributed by atoms with Crippen molar-refractivity contribution < 1.29 is 19.1 Å². The lowest BCUT2D eigenvalue weighted by atomic mass is 9.86. The van der Waals surface area contributed by atoms with E-state index in [0.717, 1.165) is 54.8 Å². The van der Waals surface area contributed by atoms with Gasteiger partial charge in [0.05, 0.1) is 12.6 Å². The second kappa shape index (κ2) is 10.1. The van der Waals surface area contributed by atoms with E-state index in [-0.39, 0.29) is 30.4 Å². The summed E-state index contributed by atoms with van der Waals surface area (Å²) in [7, 11) is 2.12. The van der Waals surface area contributed by atoms with Crippen LogP contribution >= 0.6 is 0 Å². The van der Waals surface area contributed by atoms with Crippen LogP contribution < -0.4 is 14.8 Å². The first-order valence-electron chi connectivity index (χ1n) is 12.3. The maximum Gasteiger partial charge on any atom is 0.257 e. The van der Waals surface area contributed by atoms with E-state index in [4.69, 9.17) is 9.47 Å². The van der Waals surface area contributed by atoms with Crippen molar-refractivity contribution in [3.8, 4) is 11.5 Å².